The van der Waals surface area contributed by atoms with Crippen LogP contribution in [0.4, 0.5) is 13.2 Å². The Morgan fingerprint density at radius 1 is 1.21 bits per heavy atom. The Kier molecular flexibility index (Phi) is 7.43. The van der Waals surface area contributed by atoms with Crippen LogP contribution in [0.1, 0.15) is 40.2 Å². The van der Waals surface area contributed by atoms with E-state index in [0.717, 1.165) is 5.56 Å². The highest BCUT2D eigenvalue weighted by Gasteiger charge is 2.28. The molecule has 0 spiro atoms. The van der Waals surface area contributed by atoms with E-state index in [0.29, 0.717) is 67.7 Å². The molecule has 182 valence electrons. The van der Waals surface area contributed by atoms with Gasteiger partial charge in [-0.3, -0.25) is 4.79 Å². The highest BCUT2D eigenvalue weighted by molar-refractivity contribution is 6.08. The number of likely N-dealkylation sites (tertiary alicyclic amines) is 1. The fourth-order valence-electron chi connectivity index (χ4n) is 4.65. The molecule has 2 N–H and O–H groups in total. The van der Waals surface area contributed by atoms with E-state index in [4.69, 9.17) is 15.2 Å². The average Bonchev–Trinajstić information content (AvgIpc) is 3.22. The van der Waals surface area contributed by atoms with Crippen molar-refractivity contribution in [3.8, 4) is 5.75 Å². The van der Waals surface area contributed by atoms with Crippen LogP contribution in [-0.2, 0) is 17.8 Å². The number of nitrogens with two attached hydrogens (primary N) is 1. The van der Waals surface area contributed by atoms with Crippen molar-refractivity contribution in [3.63, 3.8) is 0 Å². The van der Waals surface area contributed by atoms with Gasteiger partial charge < -0.3 is 24.7 Å². The first-order valence-corrected chi connectivity index (χ1v) is 11.3. The number of hydrogen-bond acceptors (Lipinski definition) is 4. The number of ether oxygens (including phenoxy) is 2. The zero-order valence-corrected chi connectivity index (χ0v) is 19.0. The molecule has 34 heavy (non-hydrogen) atoms. The lowest BCUT2D eigenvalue weighted by atomic mass is 9.88. The molecule has 1 aliphatic rings. The van der Waals surface area contributed by atoms with Crippen LogP contribution in [0.2, 0.25) is 0 Å². The van der Waals surface area contributed by atoms with E-state index in [-0.39, 0.29) is 23.4 Å². The Balaban J connectivity index is 1.58. The molecule has 3 aromatic rings. The summed E-state index contributed by atoms with van der Waals surface area (Å²) in [5.74, 6) is -0.430. The number of piperidine rings is 1. The molecular weight excluding hydrogens is 447 g/mol. The molecule has 2 aromatic carbocycles. The van der Waals surface area contributed by atoms with Crippen molar-refractivity contribution in [1.82, 2.24) is 9.47 Å². The van der Waals surface area contributed by atoms with Crippen LogP contribution < -0.4 is 10.5 Å². The van der Waals surface area contributed by atoms with Crippen LogP contribution in [0.5, 0.6) is 5.75 Å². The smallest absolute Gasteiger partial charge is 0.387 e. The lowest BCUT2D eigenvalue weighted by molar-refractivity contribution is -0.0490. The van der Waals surface area contributed by atoms with Gasteiger partial charge in [0, 0.05) is 44.9 Å². The van der Waals surface area contributed by atoms with Gasteiger partial charge in [0.05, 0.1) is 17.7 Å². The van der Waals surface area contributed by atoms with E-state index in [1.807, 2.05) is 6.07 Å². The van der Waals surface area contributed by atoms with Crippen molar-refractivity contribution in [2.24, 2.45) is 5.73 Å². The SMILES string of the molecule is COCCn1cc(C(=O)N2CCC(c3cc(CN)ccc3F)CC2)c2cccc(OC(F)F)c21. The van der Waals surface area contributed by atoms with E-state index in [9.17, 15) is 18.0 Å². The standard InChI is InChI=1S/C25H28F3N3O3/c1-33-12-11-31-15-20(18-3-2-4-22(23(18)31)34-25(27)28)24(32)30-9-7-17(8-10-30)19-13-16(14-29)5-6-21(19)26/h2-6,13,15,17,25H,7-12,14,29H2,1H3. The molecule has 6 nitrogen and oxygen atoms in total. The molecule has 1 aromatic heterocycles. The number of amides is 1. The van der Waals surface area contributed by atoms with Crippen LogP contribution in [0.15, 0.2) is 42.6 Å². The summed E-state index contributed by atoms with van der Waals surface area (Å²) in [5.41, 5.74) is 8.06. The molecule has 0 atom stereocenters. The molecule has 0 aliphatic carbocycles. The molecule has 1 fully saturated rings. The molecule has 1 saturated heterocycles. The average molecular weight is 476 g/mol. The van der Waals surface area contributed by atoms with Crippen LogP contribution in [0.25, 0.3) is 10.9 Å². The Hall–Kier alpha value is -3.04. The summed E-state index contributed by atoms with van der Waals surface area (Å²) >= 11 is 0. The number of nitrogens with zero attached hydrogens (tertiary/aromatic N) is 2. The van der Waals surface area contributed by atoms with Gasteiger partial charge in [0.2, 0.25) is 0 Å². The fraction of sp³-hybridized carbons (Fsp3) is 0.400. The maximum absolute atomic E-state index is 14.4. The minimum Gasteiger partial charge on any atom is -0.433 e. The van der Waals surface area contributed by atoms with Crippen LogP contribution in [0, 0.1) is 5.82 Å². The summed E-state index contributed by atoms with van der Waals surface area (Å²) < 4.78 is 51.9. The van der Waals surface area contributed by atoms with Crippen molar-refractivity contribution >= 4 is 16.8 Å². The maximum Gasteiger partial charge on any atom is 0.387 e. The molecule has 0 unspecified atom stereocenters. The lowest BCUT2D eigenvalue weighted by Gasteiger charge is -2.32. The van der Waals surface area contributed by atoms with E-state index in [2.05, 4.69) is 0 Å². The predicted molar refractivity (Wildman–Crippen MR) is 123 cm³/mol. The van der Waals surface area contributed by atoms with Gasteiger partial charge in [0.15, 0.2) is 0 Å². The van der Waals surface area contributed by atoms with Gasteiger partial charge in [0.25, 0.3) is 5.91 Å². The van der Waals surface area contributed by atoms with Gasteiger partial charge in [-0.2, -0.15) is 8.78 Å². The highest BCUT2D eigenvalue weighted by atomic mass is 19.3. The molecule has 1 aliphatic heterocycles. The van der Waals surface area contributed by atoms with Crippen molar-refractivity contribution in [2.45, 2.75) is 38.5 Å². The first kappa shape index (κ1) is 24.1. The highest BCUT2D eigenvalue weighted by Crippen LogP contribution is 2.34. The number of benzene rings is 2. The third-order valence-corrected chi connectivity index (χ3v) is 6.36. The maximum atomic E-state index is 14.4. The summed E-state index contributed by atoms with van der Waals surface area (Å²) in [5, 5.41) is 0.545. The number of rotatable bonds is 8. The van der Waals surface area contributed by atoms with Crippen molar-refractivity contribution in [3.05, 3.63) is 65.1 Å². The fourth-order valence-corrected chi connectivity index (χ4v) is 4.65. The zero-order chi connectivity index (χ0) is 24.2. The van der Waals surface area contributed by atoms with E-state index < -0.39 is 6.61 Å². The third-order valence-electron chi connectivity index (χ3n) is 6.36. The van der Waals surface area contributed by atoms with Crippen molar-refractivity contribution in [2.75, 3.05) is 26.8 Å². The second kappa shape index (κ2) is 10.5. The molecule has 2 heterocycles. The monoisotopic (exact) mass is 475 g/mol. The minimum absolute atomic E-state index is 0.00430. The Bertz CT molecular complexity index is 1160. The third kappa shape index (κ3) is 4.90. The Morgan fingerprint density at radius 2 is 1.97 bits per heavy atom. The van der Waals surface area contributed by atoms with Crippen LogP contribution in [-0.4, -0.2) is 48.8 Å². The Morgan fingerprint density at radius 3 is 2.65 bits per heavy atom. The number of carbonyl (C=O) groups is 1. The van der Waals surface area contributed by atoms with E-state index >= 15 is 0 Å². The number of fused-ring (bicyclic) bond motifs is 1. The summed E-state index contributed by atoms with van der Waals surface area (Å²) in [7, 11) is 1.55. The molecule has 0 saturated carbocycles. The summed E-state index contributed by atoms with van der Waals surface area (Å²) in [6.07, 6.45) is 2.91. The minimum atomic E-state index is -2.98. The zero-order valence-electron chi connectivity index (χ0n) is 19.0. The van der Waals surface area contributed by atoms with Crippen LogP contribution in [0.3, 0.4) is 0 Å². The summed E-state index contributed by atoms with van der Waals surface area (Å²) in [4.78, 5) is 15.2. The number of alkyl halides is 2. The second-order valence-electron chi connectivity index (χ2n) is 8.39. The summed E-state index contributed by atoms with van der Waals surface area (Å²) in [6, 6.07) is 9.72. The quantitative estimate of drug-likeness (QED) is 0.521. The Labute approximate surface area is 196 Å². The largest absolute Gasteiger partial charge is 0.433 e. The van der Waals surface area contributed by atoms with Crippen molar-refractivity contribution < 1.29 is 27.4 Å². The summed E-state index contributed by atoms with van der Waals surface area (Å²) in [6.45, 7) is -0.980. The molecule has 1 amide bonds. The molecule has 9 heteroatoms. The first-order chi connectivity index (χ1) is 16.4. The number of hydrogen-bond donors (Lipinski definition) is 1. The van der Waals surface area contributed by atoms with Gasteiger partial charge in [0.1, 0.15) is 11.6 Å². The molecular formula is C25H28F3N3O3. The number of carbonyl (C=O) groups excluding carboxylic acids is 1. The molecule has 4 rings (SSSR count). The van der Waals surface area contributed by atoms with E-state index in [1.165, 1.54) is 12.1 Å². The first-order valence-electron chi connectivity index (χ1n) is 11.3. The van der Waals surface area contributed by atoms with Gasteiger partial charge >= 0.3 is 6.61 Å². The van der Waals surface area contributed by atoms with Gasteiger partial charge in [-0.25, -0.2) is 4.39 Å². The normalized spacial score (nSPS) is 14.8. The molecule has 0 radical (unpaired) electrons. The number of methoxy groups -OCH3 is 1. The lowest BCUT2D eigenvalue weighted by Crippen LogP contribution is -2.38. The number of para-hydroxylation sites is 1. The van der Waals surface area contributed by atoms with Gasteiger partial charge in [-0.1, -0.05) is 24.3 Å². The second-order valence-corrected chi connectivity index (χ2v) is 8.39. The topological polar surface area (TPSA) is 69.7 Å². The predicted octanol–water partition coefficient (Wildman–Crippen LogP) is 4.51. The number of halogens is 3. The van der Waals surface area contributed by atoms with Gasteiger partial charge in [-0.05, 0) is 42.0 Å². The van der Waals surface area contributed by atoms with Crippen molar-refractivity contribution in [1.29, 1.82) is 0 Å². The van der Waals surface area contributed by atoms with Crippen LogP contribution >= 0.6 is 0 Å². The molecule has 0 bridgehead atoms. The van der Waals surface area contributed by atoms with Gasteiger partial charge in [-0.15, -0.1) is 0 Å². The van der Waals surface area contributed by atoms with E-state index in [1.54, 1.807) is 41.0 Å². The number of aromatic nitrogens is 1.